The zero-order valence-electron chi connectivity index (χ0n) is 12.1. The van der Waals surface area contributed by atoms with Crippen LogP contribution in [0.25, 0.3) is 0 Å². The molecule has 0 radical (unpaired) electrons. The van der Waals surface area contributed by atoms with Gasteiger partial charge in [-0.1, -0.05) is 35.9 Å². The van der Waals surface area contributed by atoms with Crippen LogP contribution < -0.4 is 4.90 Å². The van der Waals surface area contributed by atoms with Gasteiger partial charge in [-0.3, -0.25) is 4.79 Å². The molecule has 118 valence electrons. The summed E-state index contributed by atoms with van der Waals surface area (Å²) in [5.41, 5.74) is 1.06. The fourth-order valence-electron chi connectivity index (χ4n) is 2.53. The van der Waals surface area contributed by atoms with Gasteiger partial charge in [0.05, 0.1) is 11.8 Å². The molecule has 1 heterocycles. The minimum atomic E-state index is -3.28. The second kappa shape index (κ2) is 6.18. The lowest BCUT2D eigenvalue weighted by Gasteiger charge is -2.28. The fraction of sp³-hybridized carbons (Fsp3) is 0.118. The van der Waals surface area contributed by atoms with Gasteiger partial charge in [-0.25, -0.2) is 8.42 Å². The molecule has 3 rings (SSSR count). The monoisotopic (exact) mass is 347 g/mol. The lowest BCUT2D eigenvalue weighted by atomic mass is 10.1. The molecule has 0 fully saturated rings. The lowest BCUT2D eigenvalue weighted by molar-refractivity contribution is 0.0983. The van der Waals surface area contributed by atoms with Crippen molar-refractivity contribution in [1.29, 1.82) is 0 Å². The van der Waals surface area contributed by atoms with Crippen LogP contribution in [-0.2, 0) is 9.84 Å². The average molecular weight is 348 g/mol. The van der Waals surface area contributed by atoms with E-state index >= 15 is 0 Å². The van der Waals surface area contributed by atoms with Gasteiger partial charge < -0.3 is 4.90 Å². The van der Waals surface area contributed by atoms with E-state index in [9.17, 15) is 13.2 Å². The number of benzene rings is 2. The Balaban J connectivity index is 2.04. The number of carbonyl (C=O) groups excluding carboxylic acids is 1. The Kier molecular flexibility index (Phi) is 4.24. The largest absolute Gasteiger partial charge is 0.300 e. The van der Waals surface area contributed by atoms with Crippen LogP contribution in [0.15, 0.2) is 66.1 Å². The number of hydrogen-bond donors (Lipinski definition) is 0. The van der Waals surface area contributed by atoms with E-state index in [1.165, 1.54) is 11.0 Å². The van der Waals surface area contributed by atoms with E-state index in [0.717, 1.165) is 5.41 Å². The second-order valence-corrected chi connectivity index (χ2v) is 7.61. The molecule has 2 aromatic rings. The summed E-state index contributed by atoms with van der Waals surface area (Å²) < 4.78 is 23.5. The maximum Gasteiger partial charge on any atom is 0.258 e. The van der Waals surface area contributed by atoms with Gasteiger partial charge in [0.2, 0.25) is 0 Å². The number of amides is 1. The highest BCUT2D eigenvalue weighted by atomic mass is 35.5. The molecular weight excluding hydrogens is 334 g/mol. The van der Waals surface area contributed by atoms with Crippen molar-refractivity contribution in [1.82, 2.24) is 0 Å². The number of sulfone groups is 1. The van der Waals surface area contributed by atoms with Gasteiger partial charge in [0, 0.05) is 21.7 Å². The normalized spacial score (nSPS) is 18.7. The highest BCUT2D eigenvalue weighted by molar-refractivity contribution is 7.94. The maximum atomic E-state index is 12.9. The van der Waals surface area contributed by atoms with Crippen molar-refractivity contribution in [3.63, 3.8) is 0 Å². The maximum absolute atomic E-state index is 12.9. The van der Waals surface area contributed by atoms with Gasteiger partial charge in [-0.15, -0.1) is 0 Å². The van der Waals surface area contributed by atoms with E-state index in [1.807, 2.05) is 6.07 Å². The summed E-state index contributed by atoms with van der Waals surface area (Å²) in [5, 5.41) is 1.64. The number of anilines is 1. The number of rotatable bonds is 3. The molecule has 0 saturated heterocycles. The van der Waals surface area contributed by atoms with Crippen molar-refractivity contribution < 1.29 is 13.2 Å². The predicted octanol–water partition coefficient (Wildman–Crippen LogP) is 3.30. The third kappa shape index (κ3) is 3.46. The molecule has 1 aliphatic heterocycles. The van der Waals surface area contributed by atoms with E-state index < -0.39 is 15.9 Å². The second-order valence-electron chi connectivity index (χ2n) is 5.25. The first kappa shape index (κ1) is 15.8. The quantitative estimate of drug-likeness (QED) is 0.856. The third-order valence-electron chi connectivity index (χ3n) is 3.57. The molecule has 1 amide bonds. The molecule has 0 unspecified atom stereocenters. The van der Waals surface area contributed by atoms with E-state index in [1.54, 1.807) is 48.5 Å². The number of hydrogen-bond acceptors (Lipinski definition) is 3. The van der Waals surface area contributed by atoms with Crippen molar-refractivity contribution in [2.75, 3.05) is 10.7 Å². The molecule has 4 nitrogen and oxygen atoms in total. The van der Waals surface area contributed by atoms with E-state index in [2.05, 4.69) is 0 Å². The molecule has 0 saturated carbocycles. The molecule has 1 aliphatic rings. The molecular formula is C17H14ClNO3S. The van der Waals surface area contributed by atoms with Crippen LogP contribution in [0.2, 0.25) is 5.02 Å². The minimum absolute atomic E-state index is 0.127. The van der Waals surface area contributed by atoms with Crippen molar-refractivity contribution in [3.05, 3.63) is 76.7 Å². The Labute approximate surface area is 139 Å². The van der Waals surface area contributed by atoms with Crippen LogP contribution in [0.1, 0.15) is 10.4 Å². The highest BCUT2D eigenvalue weighted by Gasteiger charge is 2.32. The molecule has 0 spiro atoms. The summed E-state index contributed by atoms with van der Waals surface area (Å²) in [7, 11) is -3.28. The molecule has 2 aromatic carbocycles. The first-order chi connectivity index (χ1) is 11.0. The van der Waals surface area contributed by atoms with Crippen molar-refractivity contribution >= 4 is 33.0 Å². The Morgan fingerprint density at radius 3 is 2.43 bits per heavy atom. The summed E-state index contributed by atoms with van der Waals surface area (Å²) >= 11 is 6.03. The van der Waals surface area contributed by atoms with Crippen LogP contribution in [0.3, 0.4) is 0 Å². The molecule has 1 atom stereocenters. The Hall–Kier alpha value is -2.11. The number of carbonyl (C=O) groups is 1. The average Bonchev–Trinajstić information content (AvgIpc) is 2.88. The van der Waals surface area contributed by atoms with E-state index in [0.29, 0.717) is 16.3 Å². The topological polar surface area (TPSA) is 54.5 Å². The molecule has 23 heavy (non-hydrogen) atoms. The van der Waals surface area contributed by atoms with Gasteiger partial charge in [0.25, 0.3) is 5.91 Å². The Morgan fingerprint density at radius 2 is 1.83 bits per heavy atom. The van der Waals surface area contributed by atoms with Crippen molar-refractivity contribution in [3.8, 4) is 0 Å². The smallest absolute Gasteiger partial charge is 0.258 e. The summed E-state index contributed by atoms with van der Waals surface area (Å²) in [5.74, 6) is -0.391. The van der Waals surface area contributed by atoms with Gasteiger partial charge >= 0.3 is 0 Å². The SMILES string of the molecule is O=C(c1ccccc1)N(c1cccc(Cl)c1)[C@H]1C=CS(=O)(=O)C1. The zero-order valence-corrected chi connectivity index (χ0v) is 13.7. The van der Waals surface area contributed by atoms with Gasteiger partial charge in [0.1, 0.15) is 0 Å². The van der Waals surface area contributed by atoms with E-state index in [4.69, 9.17) is 11.6 Å². The van der Waals surface area contributed by atoms with Crippen molar-refractivity contribution in [2.45, 2.75) is 6.04 Å². The van der Waals surface area contributed by atoms with E-state index in [-0.39, 0.29) is 11.7 Å². The fourth-order valence-corrected chi connectivity index (χ4v) is 3.98. The highest BCUT2D eigenvalue weighted by Crippen LogP contribution is 2.27. The summed E-state index contributed by atoms with van der Waals surface area (Å²) in [6.07, 6.45) is 1.54. The number of halogens is 1. The van der Waals surface area contributed by atoms with Gasteiger partial charge in [0.15, 0.2) is 9.84 Å². The summed E-state index contributed by atoms with van der Waals surface area (Å²) in [6, 6.07) is 15.0. The minimum Gasteiger partial charge on any atom is -0.300 e. The standard InChI is InChI=1S/C17H14ClNO3S/c18-14-7-4-8-15(11-14)19(16-9-10-23(21,22)12-16)17(20)13-5-2-1-3-6-13/h1-11,16H,12H2/t16-/m0/s1. The Morgan fingerprint density at radius 1 is 1.09 bits per heavy atom. The molecule has 0 N–H and O–H groups in total. The molecule has 0 bridgehead atoms. The summed E-state index contributed by atoms with van der Waals surface area (Å²) in [6.45, 7) is 0. The van der Waals surface area contributed by atoms with Gasteiger partial charge in [-0.2, -0.15) is 0 Å². The lowest BCUT2D eigenvalue weighted by Crippen LogP contribution is -2.41. The van der Waals surface area contributed by atoms with Crippen LogP contribution in [-0.4, -0.2) is 26.1 Å². The first-order valence-electron chi connectivity index (χ1n) is 7.01. The first-order valence-corrected chi connectivity index (χ1v) is 9.11. The Bertz CT molecular complexity index is 862. The molecule has 0 aliphatic carbocycles. The third-order valence-corrected chi connectivity index (χ3v) is 5.18. The van der Waals surface area contributed by atoms with Crippen LogP contribution in [0.5, 0.6) is 0 Å². The zero-order chi connectivity index (χ0) is 16.4. The predicted molar refractivity (Wildman–Crippen MR) is 91.4 cm³/mol. The molecule has 0 aromatic heterocycles. The molecule has 6 heteroatoms. The van der Waals surface area contributed by atoms with Crippen molar-refractivity contribution in [2.24, 2.45) is 0 Å². The summed E-state index contributed by atoms with van der Waals surface area (Å²) in [4.78, 5) is 14.4. The van der Waals surface area contributed by atoms with Crippen LogP contribution in [0.4, 0.5) is 5.69 Å². The van der Waals surface area contributed by atoms with Gasteiger partial charge in [-0.05, 0) is 36.4 Å². The number of nitrogens with zero attached hydrogens (tertiary/aromatic N) is 1. The van der Waals surface area contributed by atoms with Crippen LogP contribution in [0, 0.1) is 0 Å². The van der Waals surface area contributed by atoms with Crippen LogP contribution >= 0.6 is 11.6 Å².